The first kappa shape index (κ1) is 14.1. The summed E-state index contributed by atoms with van der Waals surface area (Å²) in [6.45, 7) is 1.15. The molecule has 6 heteroatoms. The predicted molar refractivity (Wildman–Crippen MR) is 70.0 cm³/mol. The number of hydrogen-bond donors (Lipinski definition) is 2. The first-order valence-corrected chi connectivity index (χ1v) is 5.88. The first-order chi connectivity index (χ1) is 8.13. The molecule has 94 valence electrons. The topological polar surface area (TPSA) is 50.4 Å². The van der Waals surface area contributed by atoms with E-state index < -0.39 is 0 Å². The average molecular weight is 277 g/mol. The summed E-state index contributed by atoms with van der Waals surface area (Å²) in [6, 6.07) is 4.57. The van der Waals surface area contributed by atoms with Gasteiger partial charge >= 0.3 is 6.03 Å². The van der Waals surface area contributed by atoms with Gasteiger partial charge in [0, 0.05) is 25.3 Å². The molecule has 0 spiro atoms. The van der Waals surface area contributed by atoms with Crippen LogP contribution < -0.4 is 10.6 Å². The Bertz CT molecular complexity index is 386. The van der Waals surface area contributed by atoms with Crippen LogP contribution in [-0.4, -0.2) is 26.3 Å². The minimum absolute atomic E-state index is 0.315. The number of ether oxygens (including phenoxy) is 1. The number of nitrogens with one attached hydrogen (secondary N) is 2. The van der Waals surface area contributed by atoms with Gasteiger partial charge in [0.05, 0.1) is 10.7 Å². The summed E-state index contributed by atoms with van der Waals surface area (Å²) in [7, 11) is 1.62. The molecule has 0 saturated heterocycles. The molecule has 1 aromatic rings. The smallest absolute Gasteiger partial charge is 0.319 e. The monoisotopic (exact) mass is 276 g/mol. The van der Waals surface area contributed by atoms with Gasteiger partial charge in [-0.25, -0.2) is 4.79 Å². The van der Waals surface area contributed by atoms with Crippen molar-refractivity contribution in [3.63, 3.8) is 0 Å². The van der Waals surface area contributed by atoms with E-state index in [4.69, 9.17) is 27.9 Å². The Morgan fingerprint density at radius 1 is 1.41 bits per heavy atom. The molecule has 0 atom stereocenters. The van der Waals surface area contributed by atoms with Crippen molar-refractivity contribution in [2.45, 2.75) is 6.42 Å². The Balaban J connectivity index is 2.42. The Hall–Kier alpha value is -0.970. The van der Waals surface area contributed by atoms with Crippen molar-refractivity contribution in [1.82, 2.24) is 5.32 Å². The van der Waals surface area contributed by atoms with Gasteiger partial charge in [-0.2, -0.15) is 0 Å². The molecule has 0 radical (unpaired) electrons. The number of benzene rings is 1. The van der Waals surface area contributed by atoms with E-state index in [2.05, 4.69) is 10.6 Å². The summed E-state index contributed by atoms with van der Waals surface area (Å²) in [5, 5.41) is 6.26. The average Bonchev–Trinajstić information content (AvgIpc) is 2.29. The van der Waals surface area contributed by atoms with Crippen LogP contribution in [0.2, 0.25) is 10.0 Å². The lowest BCUT2D eigenvalue weighted by molar-refractivity contribution is 0.194. The van der Waals surface area contributed by atoms with Crippen LogP contribution in [0.15, 0.2) is 18.2 Å². The number of hydrogen-bond acceptors (Lipinski definition) is 2. The summed E-state index contributed by atoms with van der Waals surface area (Å²) >= 11 is 11.7. The van der Waals surface area contributed by atoms with Crippen LogP contribution in [-0.2, 0) is 4.74 Å². The standard InChI is InChI=1S/C11H14Cl2N2O2/c1-17-6-2-5-14-11(16)15-10-7-8(12)3-4-9(10)13/h3-4,7H,2,5-6H2,1H3,(H2,14,15,16). The van der Waals surface area contributed by atoms with Crippen molar-refractivity contribution < 1.29 is 9.53 Å². The fraction of sp³-hybridized carbons (Fsp3) is 0.364. The van der Waals surface area contributed by atoms with Crippen LogP contribution in [0, 0.1) is 0 Å². The van der Waals surface area contributed by atoms with Crippen LogP contribution in [0.5, 0.6) is 0 Å². The Morgan fingerprint density at radius 3 is 2.88 bits per heavy atom. The second-order valence-electron chi connectivity index (χ2n) is 3.35. The highest BCUT2D eigenvalue weighted by molar-refractivity contribution is 6.35. The number of halogens is 2. The van der Waals surface area contributed by atoms with Gasteiger partial charge in [-0.1, -0.05) is 23.2 Å². The molecule has 4 nitrogen and oxygen atoms in total. The number of carbonyl (C=O) groups is 1. The maximum absolute atomic E-state index is 11.5. The third kappa shape index (κ3) is 5.26. The lowest BCUT2D eigenvalue weighted by atomic mass is 10.3. The van der Waals surface area contributed by atoms with E-state index >= 15 is 0 Å². The third-order valence-corrected chi connectivity index (χ3v) is 2.55. The molecule has 17 heavy (non-hydrogen) atoms. The molecule has 2 N–H and O–H groups in total. The maximum atomic E-state index is 11.5. The molecule has 0 bridgehead atoms. The van der Waals surface area contributed by atoms with Crippen molar-refractivity contribution in [2.24, 2.45) is 0 Å². The number of carbonyl (C=O) groups excluding carboxylic acids is 1. The normalized spacial score (nSPS) is 10.1. The molecule has 1 aromatic carbocycles. The van der Waals surface area contributed by atoms with Crippen molar-refractivity contribution >= 4 is 34.9 Å². The van der Waals surface area contributed by atoms with Gasteiger partial charge in [-0.05, 0) is 24.6 Å². The zero-order valence-electron chi connectivity index (χ0n) is 9.43. The lowest BCUT2D eigenvalue weighted by Gasteiger charge is -2.09. The quantitative estimate of drug-likeness (QED) is 0.812. The highest BCUT2D eigenvalue weighted by Crippen LogP contribution is 2.25. The second kappa shape index (κ2) is 7.37. The SMILES string of the molecule is COCCCNC(=O)Nc1cc(Cl)ccc1Cl. The van der Waals surface area contributed by atoms with Gasteiger partial charge < -0.3 is 15.4 Å². The first-order valence-electron chi connectivity index (χ1n) is 5.12. The molecular formula is C11H14Cl2N2O2. The number of urea groups is 1. The highest BCUT2D eigenvalue weighted by atomic mass is 35.5. The zero-order chi connectivity index (χ0) is 12.7. The van der Waals surface area contributed by atoms with Crippen LogP contribution in [0.1, 0.15) is 6.42 Å². The third-order valence-electron chi connectivity index (χ3n) is 1.99. The van der Waals surface area contributed by atoms with Crippen molar-refractivity contribution in [3.05, 3.63) is 28.2 Å². The minimum Gasteiger partial charge on any atom is -0.385 e. The Morgan fingerprint density at radius 2 is 2.18 bits per heavy atom. The van der Waals surface area contributed by atoms with Gasteiger partial charge in [-0.15, -0.1) is 0 Å². The molecule has 0 unspecified atom stereocenters. The van der Waals surface area contributed by atoms with Crippen molar-refractivity contribution in [1.29, 1.82) is 0 Å². The van der Waals surface area contributed by atoms with E-state index in [0.29, 0.717) is 28.9 Å². The van der Waals surface area contributed by atoms with Gasteiger partial charge in [0.15, 0.2) is 0 Å². The molecule has 2 amide bonds. The zero-order valence-corrected chi connectivity index (χ0v) is 10.9. The molecule has 0 heterocycles. The van der Waals surface area contributed by atoms with E-state index in [1.54, 1.807) is 25.3 Å². The summed E-state index contributed by atoms with van der Waals surface area (Å²) < 4.78 is 4.87. The molecule has 0 saturated carbocycles. The maximum Gasteiger partial charge on any atom is 0.319 e. The largest absolute Gasteiger partial charge is 0.385 e. The minimum atomic E-state index is -0.315. The molecule has 0 aromatic heterocycles. The summed E-state index contributed by atoms with van der Waals surface area (Å²) in [4.78, 5) is 11.5. The number of rotatable bonds is 5. The lowest BCUT2D eigenvalue weighted by Crippen LogP contribution is -2.30. The van der Waals surface area contributed by atoms with Crippen LogP contribution in [0.3, 0.4) is 0 Å². The molecule has 1 rings (SSSR count). The number of amides is 2. The van der Waals surface area contributed by atoms with E-state index in [-0.39, 0.29) is 6.03 Å². The second-order valence-corrected chi connectivity index (χ2v) is 4.20. The summed E-state index contributed by atoms with van der Waals surface area (Å²) in [5.74, 6) is 0. The van der Waals surface area contributed by atoms with Gasteiger partial charge in [0.1, 0.15) is 0 Å². The Labute approximate surface area is 110 Å². The van der Waals surface area contributed by atoms with Gasteiger partial charge in [-0.3, -0.25) is 0 Å². The van der Waals surface area contributed by atoms with Crippen molar-refractivity contribution in [2.75, 3.05) is 25.6 Å². The van der Waals surface area contributed by atoms with E-state index in [9.17, 15) is 4.79 Å². The van der Waals surface area contributed by atoms with Gasteiger partial charge in [0.25, 0.3) is 0 Å². The molecule has 0 aliphatic carbocycles. The molecular weight excluding hydrogens is 263 g/mol. The summed E-state index contributed by atoms with van der Waals surface area (Å²) in [6.07, 6.45) is 0.757. The Kier molecular flexibility index (Phi) is 6.11. The van der Waals surface area contributed by atoms with Crippen LogP contribution in [0.25, 0.3) is 0 Å². The van der Waals surface area contributed by atoms with Gasteiger partial charge in [0.2, 0.25) is 0 Å². The van der Waals surface area contributed by atoms with E-state index in [0.717, 1.165) is 6.42 Å². The molecule has 0 aliphatic heterocycles. The van der Waals surface area contributed by atoms with Crippen molar-refractivity contribution in [3.8, 4) is 0 Å². The fourth-order valence-electron chi connectivity index (χ4n) is 1.18. The predicted octanol–water partition coefficient (Wildman–Crippen LogP) is 3.15. The number of methoxy groups -OCH3 is 1. The van der Waals surface area contributed by atoms with E-state index in [1.165, 1.54) is 0 Å². The number of anilines is 1. The van der Waals surface area contributed by atoms with Crippen LogP contribution >= 0.6 is 23.2 Å². The highest BCUT2D eigenvalue weighted by Gasteiger charge is 2.05. The van der Waals surface area contributed by atoms with Crippen LogP contribution in [0.4, 0.5) is 10.5 Å². The molecule has 0 fully saturated rings. The fourth-order valence-corrected chi connectivity index (χ4v) is 1.52. The molecule has 0 aliphatic rings. The summed E-state index contributed by atoms with van der Waals surface area (Å²) in [5.41, 5.74) is 0.489. The van der Waals surface area contributed by atoms with E-state index in [1.807, 2.05) is 0 Å².